The maximum absolute atomic E-state index is 9.24. The predicted octanol–water partition coefficient (Wildman–Crippen LogP) is 3.78. The second-order valence-corrected chi connectivity index (χ2v) is 4.66. The van der Waals surface area contributed by atoms with Gasteiger partial charge in [0.2, 0.25) is 0 Å². The van der Waals surface area contributed by atoms with Crippen molar-refractivity contribution in [2.75, 3.05) is 6.61 Å². The number of nitrogens with two attached hydrogens (primary N) is 1. The molecular formula is C15H25NO2S. The van der Waals surface area contributed by atoms with Crippen molar-refractivity contribution in [2.24, 2.45) is 5.73 Å². The van der Waals surface area contributed by atoms with E-state index in [1.54, 1.807) is 6.07 Å². The number of unbranched alkanes of at least 4 members (excludes halogenated alkanes) is 2. The number of aryl methyl sites for hydroxylation is 1. The van der Waals surface area contributed by atoms with Crippen LogP contribution in [-0.2, 0) is 11.2 Å². The molecular weight excluding hydrogens is 258 g/mol. The van der Waals surface area contributed by atoms with Crippen LogP contribution in [-0.4, -0.2) is 16.9 Å². The van der Waals surface area contributed by atoms with Crippen LogP contribution < -0.4 is 5.73 Å². The van der Waals surface area contributed by atoms with Crippen molar-refractivity contribution in [3.8, 4) is 5.75 Å². The molecule has 0 aliphatic heterocycles. The monoisotopic (exact) mass is 283 g/mol. The average molecular weight is 283 g/mol. The molecule has 3 nitrogen and oxygen atoms in total. The fourth-order valence-electron chi connectivity index (χ4n) is 1.52. The van der Waals surface area contributed by atoms with Gasteiger partial charge in [0.25, 0.3) is 5.17 Å². The third-order valence-corrected chi connectivity index (χ3v) is 2.62. The summed E-state index contributed by atoms with van der Waals surface area (Å²) in [5.41, 5.74) is 6.13. The van der Waals surface area contributed by atoms with Crippen molar-refractivity contribution < 1.29 is 9.84 Å². The highest BCUT2D eigenvalue weighted by Gasteiger charge is 1.95. The van der Waals surface area contributed by atoms with Gasteiger partial charge in [-0.25, -0.2) is 0 Å². The van der Waals surface area contributed by atoms with Gasteiger partial charge in [0, 0.05) is 0 Å². The summed E-state index contributed by atoms with van der Waals surface area (Å²) >= 11 is 4.50. The Kier molecular flexibility index (Phi) is 11.0. The zero-order valence-corrected chi connectivity index (χ0v) is 12.7. The van der Waals surface area contributed by atoms with Crippen molar-refractivity contribution in [3.63, 3.8) is 0 Å². The Hall–Kier alpha value is -1.29. The number of hydrogen-bond acceptors (Lipinski definition) is 3. The Morgan fingerprint density at radius 1 is 1.21 bits per heavy atom. The second kappa shape index (κ2) is 11.8. The van der Waals surface area contributed by atoms with Crippen LogP contribution in [0.3, 0.4) is 0 Å². The van der Waals surface area contributed by atoms with Crippen LogP contribution in [0.5, 0.6) is 5.75 Å². The van der Waals surface area contributed by atoms with Crippen molar-refractivity contribution in [2.45, 2.75) is 46.0 Å². The predicted molar refractivity (Wildman–Crippen MR) is 84.4 cm³/mol. The van der Waals surface area contributed by atoms with Crippen LogP contribution in [0.1, 0.15) is 45.1 Å². The van der Waals surface area contributed by atoms with Crippen molar-refractivity contribution in [1.82, 2.24) is 0 Å². The maximum atomic E-state index is 9.24. The lowest BCUT2D eigenvalue weighted by atomic mass is 10.1. The first-order chi connectivity index (χ1) is 9.11. The van der Waals surface area contributed by atoms with E-state index in [0.29, 0.717) is 12.4 Å². The Morgan fingerprint density at radius 2 is 1.89 bits per heavy atom. The molecule has 1 rings (SSSR count). The second-order valence-electron chi connectivity index (χ2n) is 4.25. The smallest absolute Gasteiger partial charge is 0.253 e. The SMILES string of the molecule is CCCCCOC(N)=S.CCCc1ccccc1O. The Bertz CT molecular complexity index is 356. The van der Waals surface area contributed by atoms with E-state index < -0.39 is 0 Å². The van der Waals surface area contributed by atoms with E-state index >= 15 is 0 Å². The lowest BCUT2D eigenvalue weighted by Gasteiger charge is -2.00. The average Bonchev–Trinajstić information content (AvgIpc) is 2.38. The number of ether oxygens (including phenoxy) is 1. The largest absolute Gasteiger partial charge is 0.508 e. The van der Waals surface area contributed by atoms with Crippen LogP contribution >= 0.6 is 12.2 Å². The summed E-state index contributed by atoms with van der Waals surface area (Å²) in [7, 11) is 0. The molecule has 4 heteroatoms. The number of thiocarbonyl (C=S) groups is 1. The highest BCUT2D eigenvalue weighted by Crippen LogP contribution is 2.16. The molecule has 0 heterocycles. The highest BCUT2D eigenvalue weighted by molar-refractivity contribution is 7.80. The van der Waals surface area contributed by atoms with Crippen LogP contribution in [0.4, 0.5) is 0 Å². The molecule has 0 spiro atoms. The van der Waals surface area contributed by atoms with E-state index in [9.17, 15) is 5.11 Å². The number of phenols is 1. The lowest BCUT2D eigenvalue weighted by molar-refractivity contribution is 0.297. The fourth-order valence-corrected chi connectivity index (χ4v) is 1.60. The molecule has 1 aromatic carbocycles. The first kappa shape index (κ1) is 17.7. The van der Waals surface area contributed by atoms with Gasteiger partial charge in [-0.1, -0.05) is 51.3 Å². The summed E-state index contributed by atoms with van der Waals surface area (Å²) in [6.07, 6.45) is 5.47. The van der Waals surface area contributed by atoms with Crippen LogP contribution in [0.15, 0.2) is 24.3 Å². The minimum Gasteiger partial charge on any atom is -0.508 e. The van der Waals surface area contributed by atoms with Gasteiger partial charge in [-0.15, -0.1) is 0 Å². The van der Waals surface area contributed by atoms with Crippen LogP contribution in [0, 0.1) is 0 Å². The van der Waals surface area contributed by atoms with E-state index in [2.05, 4.69) is 26.1 Å². The molecule has 0 saturated carbocycles. The number of phenolic OH excluding ortho intramolecular Hbond substituents is 1. The fraction of sp³-hybridized carbons (Fsp3) is 0.533. The van der Waals surface area contributed by atoms with E-state index in [0.717, 1.165) is 24.8 Å². The molecule has 0 amide bonds. The molecule has 0 aromatic heterocycles. The third-order valence-electron chi connectivity index (χ3n) is 2.50. The molecule has 0 saturated heterocycles. The van der Waals surface area contributed by atoms with Crippen molar-refractivity contribution in [3.05, 3.63) is 29.8 Å². The number of aromatic hydroxyl groups is 1. The van der Waals surface area contributed by atoms with E-state index in [1.807, 2.05) is 18.2 Å². The molecule has 0 aliphatic carbocycles. The third kappa shape index (κ3) is 10.3. The maximum Gasteiger partial charge on any atom is 0.253 e. The summed E-state index contributed by atoms with van der Waals surface area (Å²) in [5, 5.41) is 9.40. The highest BCUT2D eigenvalue weighted by atomic mass is 32.1. The Balaban J connectivity index is 0.000000344. The topological polar surface area (TPSA) is 55.5 Å². The van der Waals surface area contributed by atoms with E-state index in [1.165, 1.54) is 12.8 Å². The Labute approximate surface area is 121 Å². The minimum atomic E-state index is 0.158. The van der Waals surface area contributed by atoms with Crippen LogP contribution in [0.25, 0.3) is 0 Å². The first-order valence-electron chi connectivity index (χ1n) is 6.80. The number of rotatable bonds is 6. The van der Waals surface area contributed by atoms with Crippen LogP contribution in [0.2, 0.25) is 0 Å². The first-order valence-corrected chi connectivity index (χ1v) is 7.21. The summed E-state index contributed by atoms with van der Waals surface area (Å²) < 4.78 is 4.85. The zero-order valence-electron chi connectivity index (χ0n) is 11.9. The zero-order chi connectivity index (χ0) is 14.5. The van der Waals surface area contributed by atoms with Gasteiger partial charge in [-0.05, 0) is 36.7 Å². The molecule has 0 unspecified atom stereocenters. The number of para-hydroxylation sites is 1. The molecule has 19 heavy (non-hydrogen) atoms. The van der Waals surface area contributed by atoms with E-state index in [-0.39, 0.29) is 5.17 Å². The van der Waals surface area contributed by atoms with Gasteiger partial charge in [-0.2, -0.15) is 0 Å². The quantitative estimate of drug-likeness (QED) is 0.616. The van der Waals surface area contributed by atoms with Gasteiger partial charge >= 0.3 is 0 Å². The molecule has 0 atom stereocenters. The molecule has 0 bridgehead atoms. The van der Waals surface area contributed by atoms with Crippen molar-refractivity contribution >= 4 is 17.4 Å². The molecule has 3 N–H and O–H groups in total. The molecule has 1 aromatic rings. The standard InChI is InChI=1S/C9H12O.C6H13NOS/c1-2-5-8-6-3-4-7-9(8)10;1-2-3-4-5-8-6(7)9/h3-4,6-7,10H,2,5H2,1H3;2-5H2,1H3,(H2,7,9). The van der Waals surface area contributed by atoms with Gasteiger partial charge in [0.05, 0.1) is 6.61 Å². The number of hydrogen-bond donors (Lipinski definition) is 2. The minimum absolute atomic E-state index is 0.158. The van der Waals surface area contributed by atoms with Gasteiger partial charge in [-0.3, -0.25) is 0 Å². The molecule has 0 radical (unpaired) electrons. The Morgan fingerprint density at radius 3 is 2.42 bits per heavy atom. The van der Waals surface area contributed by atoms with Gasteiger partial charge < -0.3 is 15.6 Å². The van der Waals surface area contributed by atoms with Gasteiger partial charge in [0.15, 0.2) is 0 Å². The van der Waals surface area contributed by atoms with E-state index in [4.69, 9.17) is 10.5 Å². The van der Waals surface area contributed by atoms with Crippen molar-refractivity contribution in [1.29, 1.82) is 0 Å². The summed E-state index contributed by atoms with van der Waals surface area (Å²) in [5.74, 6) is 0.421. The van der Waals surface area contributed by atoms with Gasteiger partial charge in [0.1, 0.15) is 5.75 Å². The summed E-state index contributed by atoms with van der Waals surface area (Å²) in [4.78, 5) is 0. The normalized spacial score (nSPS) is 9.37. The summed E-state index contributed by atoms with van der Waals surface area (Å²) in [6, 6.07) is 7.48. The summed E-state index contributed by atoms with van der Waals surface area (Å²) in [6.45, 7) is 4.91. The number of benzene rings is 1. The molecule has 0 fully saturated rings. The lowest BCUT2D eigenvalue weighted by Crippen LogP contribution is -2.13. The molecule has 0 aliphatic rings. The molecule has 108 valence electrons.